The number of nitrogens with two attached hydrogens (primary N) is 1. The minimum absolute atomic E-state index is 0.454. The van der Waals surface area contributed by atoms with E-state index in [0.717, 1.165) is 22.9 Å². The SMILES string of the molecule is NCCc1c[nH]c2ccc(N=O)cc12. The third kappa shape index (κ3) is 1.40. The number of nitrogens with one attached hydrogen (secondary N) is 1. The van der Waals surface area contributed by atoms with Crippen LogP contribution in [0.3, 0.4) is 0 Å². The van der Waals surface area contributed by atoms with Crippen molar-refractivity contribution in [1.82, 2.24) is 4.98 Å². The molecule has 0 aliphatic heterocycles. The molecule has 0 aliphatic rings. The first-order chi connectivity index (χ1) is 6.85. The van der Waals surface area contributed by atoms with E-state index in [-0.39, 0.29) is 0 Å². The molecule has 2 rings (SSSR count). The van der Waals surface area contributed by atoms with E-state index in [0.29, 0.717) is 12.2 Å². The van der Waals surface area contributed by atoms with Gasteiger partial charge < -0.3 is 10.7 Å². The molecule has 1 aromatic carbocycles. The van der Waals surface area contributed by atoms with Crippen molar-refractivity contribution < 1.29 is 0 Å². The van der Waals surface area contributed by atoms with E-state index >= 15 is 0 Å². The van der Waals surface area contributed by atoms with Crippen LogP contribution in [0.25, 0.3) is 10.9 Å². The molecule has 3 N–H and O–H groups in total. The van der Waals surface area contributed by atoms with Crippen molar-refractivity contribution in [2.75, 3.05) is 6.54 Å². The van der Waals surface area contributed by atoms with Crippen LogP contribution in [0, 0.1) is 4.91 Å². The van der Waals surface area contributed by atoms with Gasteiger partial charge in [0.05, 0.1) is 0 Å². The molecular weight excluding hydrogens is 178 g/mol. The van der Waals surface area contributed by atoms with Crippen LogP contribution in [-0.4, -0.2) is 11.5 Å². The summed E-state index contributed by atoms with van der Waals surface area (Å²) in [6, 6.07) is 5.33. The number of nitroso groups, excluding NO2 is 1. The minimum Gasteiger partial charge on any atom is -0.361 e. The topological polar surface area (TPSA) is 71.2 Å². The summed E-state index contributed by atoms with van der Waals surface area (Å²) < 4.78 is 0. The molecular formula is C10H11N3O. The molecule has 0 saturated carbocycles. The molecule has 0 radical (unpaired) electrons. The summed E-state index contributed by atoms with van der Waals surface area (Å²) in [7, 11) is 0. The lowest BCUT2D eigenvalue weighted by Gasteiger charge is -1.95. The van der Waals surface area contributed by atoms with Gasteiger partial charge in [-0.3, -0.25) is 0 Å². The Morgan fingerprint density at radius 1 is 1.43 bits per heavy atom. The highest BCUT2D eigenvalue weighted by Crippen LogP contribution is 2.23. The summed E-state index contributed by atoms with van der Waals surface area (Å²) in [4.78, 5) is 13.5. The molecule has 4 heteroatoms. The van der Waals surface area contributed by atoms with Crippen LogP contribution in [0.1, 0.15) is 5.56 Å². The molecule has 2 aromatic rings. The molecule has 0 aliphatic carbocycles. The maximum absolute atomic E-state index is 10.4. The zero-order valence-corrected chi connectivity index (χ0v) is 7.66. The van der Waals surface area contributed by atoms with Gasteiger partial charge in [-0.2, -0.15) is 0 Å². The number of hydrogen-bond donors (Lipinski definition) is 2. The van der Waals surface area contributed by atoms with Gasteiger partial charge in [0.25, 0.3) is 0 Å². The molecule has 1 heterocycles. The zero-order valence-electron chi connectivity index (χ0n) is 7.66. The molecule has 0 saturated heterocycles. The predicted molar refractivity (Wildman–Crippen MR) is 56.5 cm³/mol. The van der Waals surface area contributed by atoms with E-state index in [4.69, 9.17) is 5.73 Å². The lowest BCUT2D eigenvalue weighted by Crippen LogP contribution is -2.01. The fraction of sp³-hybridized carbons (Fsp3) is 0.200. The van der Waals surface area contributed by atoms with Gasteiger partial charge in [-0.1, -0.05) is 0 Å². The first kappa shape index (κ1) is 8.90. The van der Waals surface area contributed by atoms with Gasteiger partial charge in [0.1, 0.15) is 5.69 Å². The number of aromatic nitrogens is 1. The summed E-state index contributed by atoms with van der Waals surface area (Å²) >= 11 is 0. The number of aromatic amines is 1. The van der Waals surface area contributed by atoms with Gasteiger partial charge in [0.15, 0.2) is 0 Å². The fourth-order valence-corrected chi connectivity index (χ4v) is 1.59. The van der Waals surface area contributed by atoms with Gasteiger partial charge in [0, 0.05) is 17.1 Å². The Bertz CT molecular complexity index is 461. The van der Waals surface area contributed by atoms with E-state index < -0.39 is 0 Å². The van der Waals surface area contributed by atoms with Crippen molar-refractivity contribution in [3.8, 4) is 0 Å². The molecule has 0 fully saturated rings. The van der Waals surface area contributed by atoms with Crippen molar-refractivity contribution >= 4 is 16.6 Å². The van der Waals surface area contributed by atoms with E-state index in [1.54, 1.807) is 12.1 Å². The summed E-state index contributed by atoms with van der Waals surface area (Å²) in [6.07, 6.45) is 2.73. The van der Waals surface area contributed by atoms with Crippen LogP contribution in [0.4, 0.5) is 5.69 Å². The molecule has 0 amide bonds. The molecule has 0 bridgehead atoms. The average Bonchev–Trinajstić information content (AvgIpc) is 2.61. The predicted octanol–water partition coefficient (Wildman–Crippen LogP) is 2.07. The monoisotopic (exact) mass is 189 g/mol. The Balaban J connectivity index is 2.57. The Morgan fingerprint density at radius 2 is 2.29 bits per heavy atom. The van der Waals surface area contributed by atoms with Crippen molar-refractivity contribution in [1.29, 1.82) is 0 Å². The number of fused-ring (bicyclic) bond motifs is 1. The van der Waals surface area contributed by atoms with Crippen molar-refractivity contribution in [3.63, 3.8) is 0 Å². The molecule has 0 atom stereocenters. The largest absolute Gasteiger partial charge is 0.361 e. The quantitative estimate of drug-likeness (QED) is 0.725. The van der Waals surface area contributed by atoms with E-state index in [1.807, 2.05) is 12.3 Å². The summed E-state index contributed by atoms with van der Waals surface area (Å²) in [5.74, 6) is 0. The minimum atomic E-state index is 0.454. The van der Waals surface area contributed by atoms with Crippen molar-refractivity contribution in [2.24, 2.45) is 10.9 Å². The van der Waals surface area contributed by atoms with E-state index in [1.165, 1.54) is 0 Å². The summed E-state index contributed by atoms with van der Waals surface area (Å²) in [5, 5.41) is 3.94. The maximum atomic E-state index is 10.4. The van der Waals surface area contributed by atoms with Crippen LogP contribution >= 0.6 is 0 Å². The summed E-state index contributed by atoms with van der Waals surface area (Å²) in [5.41, 5.74) is 8.08. The number of benzene rings is 1. The maximum Gasteiger partial charge on any atom is 0.108 e. The standard InChI is InChI=1S/C10H11N3O/c11-4-3-7-6-12-10-2-1-8(13-14)5-9(7)10/h1-2,5-6,12H,3-4,11H2. The Kier molecular flexibility index (Phi) is 2.28. The van der Waals surface area contributed by atoms with Gasteiger partial charge >= 0.3 is 0 Å². The van der Waals surface area contributed by atoms with Crippen LogP contribution < -0.4 is 5.73 Å². The smallest absolute Gasteiger partial charge is 0.108 e. The van der Waals surface area contributed by atoms with Crippen LogP contribution in [-0.2, 0) is 6.42 Å². The summed E-state index contributed by atoms with van der Waals surface area (Å²) in [6.45, 7) is 0.603. The van der Waals surface area contributed by atoms with Crippen LogP contribution in [0.2, 0.25) is 0 Å². The van der Waals surface area contributed by atoms with Crippen LogP contribution in [0.5, 0.6) is 0 Å². The molecule has 0 spiro atoms. The highest BCUT2D eigenvalue weighted by molar-refractivity contribution is 5.85. The second-order valence-electron chi connectivity index (χ2n) is 3.17. The molecule has 1 aromatic heterocycles. The normalized spacial score (nSPS) is 10.6. The first-order valence-electron chi connectivity index (χ1n) is 4.48. The number of hydrogen-bond acceptors (Lipinski definition) is 3. The fourth-order valence-electron chi connectivity index (χ4n) is 1.59. The first-order valence-corrected chi connectivity index (χ1v) is 4.48. The second kappa shape index (κ2) is 3.59. The lowest BCUT2D eigenvalue weighted by atomic mass is 10.1. The van der Waals surface area contributed by atoms with Crippen molar-refractivity contribution in [2.45, 2.75) is 6.42 Å². The number of rotatable bonds is 3. The molecule has 4 nitrogen and oxygen atoms in total. The van der Waals surface area contributed by atoms with E-state index in [9.17, 15) is 4.91 Å². The molecule has 0 unspecified atom stereocenters. The van der Waals surface area contributed by atoms with Gasteiger partial charge in [-0.25, -0.2) is 0 Å². The highest BCUT2D eigenvalue weighted by atomic mass is 16.3. The number of nitrogens with zero attached hydrogens (tertiary/aromatic N) is 1. The lowest BCUT2D eigenvalue weighted by molar-refractivity contribution is 0.976. The zero-order chi connectivity index (χ0) is 9.97. The van der Waals surface area contributed by atoms with Crippen molar-refractivity contribution in [3.05, 3.63) is 34.9 Å². The second-order valence-corrected chi connectivity index (χ2v) is 3.17. The Morgan fingerprint density at radius 3 is 3.00 bits per heavy atom. The van der Waals surface area contributed by atoms with Gasteiger partial charge in [-0.15, -0.1) is 4.91 Å². The third-order valence-electron chi connectivity index (χ3n) is 2.27. The average molecular weight is 189 g/mol. The van der Waals surface area contributed by atoms with Crippen LogP contribution in [0.15, 0.2) is 29.6 Å². The Hall–Kier alpha value is -1.68. The van der Waals surface area contributed by atoms with E-state index in [2.05, 4.69) is 10.2 Å². The Labute approximate surface area is 81.1 Å². The third-order valence-corrected chi connectivity index (χ3v) is 2.27. The highest BCUT2D eigenvalue weighted by Gasteiger charge is 2.03. The van der Waals surface area contributed by atoms with Gasteiger partial charge in [0.2, 0.25) is 0 Å². The van der Waals surface area contributed by atoms with Gasteiger partial charge in [-0.05, 0) is 41.9 Å². The number of H-pyrrole nitrogens is 1. The molecule has 72 valence electrons. The molecule has 14 heavy (non-hydrogen) atoms.